The van der Waals surface area contributed by atoms with Crippen LogP contribution in [0, 0.1) is 0 Å². The monoisotopic (exact) mass is 338 g/mol. The highest BCUT2D eigenvalue weighted by molar-refractivity contribution is 5.93. The molecule has 1 aromatic rings. The van der Waals surface area contributed by atoms with Gasteiger partial charge in [0.25, 0.3) is 0 Å². The number of rotatable bonds is 7. The number of ether oxygens (including phenoxy) is 1. The Balaban J connectivity index is 2.62. The zero-order chi connectivity index (χ0) is 18.4. The number of carboxylic acids is 1. The van der Waals surface area contributed by atoms with Crippen LogP contribution < -0.4 is 10.6 Å². The average molecular weight is 338 g/mol. The van der Waals surface area contributed by atoms with E-state index in [2.05, 4.69) is 10.6 Å². The molecule has 4 N–H and O–H groups in total. The van der Waals surface area contributed by atoms with E-state index < -0.39 is 35.7 Å². The third kappa shape index (κ3) is 5.24. The molecule has 0 spiro atoms. The Labute approximate surface area is 139 Å². The van der Waals surface area contributed by atoms with E-state index in [1.165, 1.54) is 13.8 Å². The van der Waals surface area contributed by atoms with E-state index in [1.807, 2.05) is 6.07 Å². The minimum absolute atomic E-state index is 0.0356. The number of hydrogen-bond donors (Lipinski definition) is 4. The lowest BCUT2D eigenvalue weighted by molar-refractivity contribution is -0.149. The third-order valence-corrected chi connectivity index (χ3v) is 3.37. The maximum Gasteiger partial charge on any atom is 0.408 e. The molecular formula is C16H22N2O6. The lowest BCUT2D eigenvalue weighted by atomic mass is 9.99. The number of amides is 2. The Hall–Kier alpha value is -2.61. The summed E-state index contributed by atoms with van der Waals surface area (Å²) in [6.07, 6.45) is -0.819. The molecule has 24 heavy (non-hydrogen) atoms. The first-order valence-corrected chi connectivity index (χ1v) is 7.26. The number of benzene rings is 1. The van der Waals surface area contributed by atoms with E-state index in [1.54, 1.807) is 24.3 Å². The van der Waals surface area contributed by atoms with Gasteiger partial charge in [0.1, 0.15) is 12.1 Å². The number of carboxylic acid groups (broad SMARTS) is 1. The summed E-state index contributed by atoms with van der Waals surface area (Å²) >= 11 is 0. The lowest BCUT2D eigenvalue weighted by Crippen LogP contribution is -2.63. The van der Waals surface area contributed by atoms with Crippen LogP contribution in [0.3, 0.4) is 0 Å². The highest BCUT2D eigenvalue weighted by Gasteiger charge is 2.39. The predicted molar refractivity (Wildman–Crippen MR) is 85.1 cm³/mol. The summed E-state index contributed by atoms with van der Waals surface area (Å²) in [6.45, 7) is 3.20. The van der Waals surface area contributed by atoms with Gasteiger partial charge in [0.2, 0.25) is 5.91 Å². The molecule has 0 aliphatic rings. The molecule has 8 nitrogen and oxygen atoms in total. The fraction of sp³-hybridized carbons (Fsp3) is 0.438. The van der Waals surface area contributed by atoms with Crippen molar-refractivity contribution in [2.75, 3.05) is 6.61 Å². The number of carbonyl (C=O) groups excluding carboxylic acids is 2. The molecule has 1 rings (SSSR count). The van der Waals surface area contributed by atoms with Gasteiger partial charge in [-0.3, -0.25) is 4.79 Å². The zero-order valence-electron chi connectivity index (χ0n) is 13.8. The van der Waals surface area contributed by atoms with Gasteiger partial charge in [0, 0.05) is 0 Å². The molecule has 2 amide bonds. The van der Waals surface area contributed by atoms with Crippen molar-refractivity contribution in [1.29, 1.82) is 0 Å². The van der Waals surface area contributed by atoms with Gasteiger partial charge in [-0.15, -0.1) is 0 Å². The Morgan fingerprint density at radius 3 is 2.17 bits per heavy atom. The van der Waals surface area contributed by atoms with Crippen LogP contribution in [0.15, 0.2) is 30.3 Å². The van der Waals surface area contributed by atoms with Crippen molar-refractivity contribution in [3.63, 3.8) is 0 Å². The molecule has 132 valence electrons. The molecule has 0 heterocycles. The zero-order valence-corrected chi connectivity index (χ0v) is 13.8. The maximum atomic E-state index is 12.2. The maximum absolute atomic E-state index is 12.2. The van der Waals surface area contributed by atoms with Gasteiger partial charge in [-0.1, -0.05) is 30.3 Å². The normalized spacial score (nSPS) is 13.5. The largest absolute Gasteiger partial charge is 0.479 e. The SMILES string of the molecule is CC(C)(NC(=O)OCc1ccccc1)C(=O)NC(C)(CO)C(=O)O. The number of nitrogens with one attached hydrogen (secondary N) is 2. The van der Waals surface area contributed by atoms with Crippen molar-refractivity contribution in [2.45, 2.75) is 38.5 Å². The summed E-state index contributed by atoms with van der Waals surface area (Å²) in [4.78, 5) is 35.1. The number of aliphatic hydroxyl groups excluding tert-OH is 1. The van der Waals surface area contributed by atoms with Crippen molar-refractivity contribution in [3.8, 4) is 0 Å². The molecule has 1 atom stereocenters. The second kappa shape index (κ2) is 7.78. The fourth-order valence-corrected chi connectivity index (χ4v) is 1.64. The van der Waals surface area contributed by atoms with E-state index in [0.29, 0.717) is 0 Å². The van der Waals surface area contributed by atoms with Crippen LogP contribution in [0.5, 0.6) is 0 Å². The molecule has 0 saturated heterocycles. The third-order valence-electron chi connectivity index (χ3n) is 3.37. The summed E-state index contributed by atoms with van der Waals surface area (Å²) in [5, 5.41) is 22.8. The number of aliphatic carboxylic acids is 1. The Morgan fingerprint density at radius 2 is 1.67 bits per heavy atom. The number of aliphatic hydroxyl groups is 1. The van der Waals surface area contributed by atoms with Crippen LogP contribution in [0.25, 0.3) is 0 Å². The summed E-state index contributed by atoms with van der Waals surface area (Å²) in [5.74, 6) is -2.15. The summed E-state index contributed by atoms with van der Waals surface area (Å²) < 4.78 is 5.02. The van der Waals surface area contributed by atoms with E-state index in [0.717, 1.165) is 12.5 Å². The number of hydrogen-bond acceptors (Lipinski definition) is 5. The molecule has 0 fully saturated rings. The molecule has 1 unspecified atom stereocenters. The van der Waals surface area contributed by atoms with E-state index in [-0.39, 0.29) is 6.61 Å². The van der Waals surface area contributed by atoms with Gasteiger partial charge >= 0.3 is 12.1 Å². The quantitative estimate of drug-likeness (QED) is 0.578. The molecule has 0 radical (unpaired) electrons. The Bertz CT molecular complexity index is 602. The molecule has 8 heteroatoms. The van der Waals surface area contributed by atoms with E-state index in [9.17, 15) is 14.4 Å². The Kier molecular flexibility index (Phi) is 6.30. The minimum Gasteiger partial charge on any atom is -0.479 e. The second-order valence-corrected chi connectivity index (χ2v) is 6.06. The van der Waals surface area contributed by atoms with Crippen molar-refractivity contribution < 1.29 is 29.3 Å². The average Bonchev–Trinajstić information content (AvgIpc) is 2.53. The summed E-state index contributed by atoms with van der Waals surface area (Å²) in [7, 11) is 0. The van der Waals surface area contributed by atoms with Crippen molar-refractivity contribution >= 4 is 18.0 Å². The lowest BCUT2D eigenvalue weighted by Gasteiger charge is -2.30. The topological polar surface area (TPSA) is 125 Å². The molecule has 0 aliphatic heterocycles. The first-order valence-electron chi connectivity index (χ1n) is 7.26. The van der Waals surface area contributed by atoms with Gasteiger partial charge in [0.15, 0.2) is 5.54 Å². The number of carbonyl (C=O) groups is 3. The van der Waals surface area contributed by atoms with Crippen molar-refractivity contribution in [2.24, 2.45) is 0 Å². The summed E-state index contributed by atoms with van der Waals surface area (Å²) in [6, 6.07) is 9.00. The predicted octanol–water partition coefficient (Wildman–Crippen LogP) is 0.643. The molecule has 1 aromatic carbocycles. The Morgan fingerprint density at radius 1 is 1.08 bits per heavy atom. The van der Waals surface area contributed by atoms with Crippen molar-refractivity contribution in [3.05, 3.63) is 35.9 Å². The standard InChI is InChI=1S/C16H22N2O6/c1-15(2,12(20)17-16(3,10-19)13(21)22)18-14(23)24-9-11-7-5-4-6-8-11/h4-8,19H,9-10H2,1-3H3,(H,17,20)(H,18,23)(H,21,22). The summed E-state index contributed by atoms with van der Waals surface area (Å²) in [5.41, 5.74) is -2.49. The van der Waals surface area contributed by atoms with E-state index in [4.69, 9.17) is 14.9 Å². The van der Waals surface area contributed by atoms with Crippen LogP contribution in [0.2, 0.25) is 0 Å². The van der Waals surface area contributed by atoms with Gasteiger partial charge < -0.3 is 25.6 Å². The molecular weight excluding hydrogens is 316 g/mol. The van der Waals surface area contributed by atoms with Gasteiger partial charge in [-0.2, -0.15) is 0 Å². The van der Waals surface area contributed by atoms with Gasteiger partial charge in [-0.25, -0.2) is 9.59 Å². The van der Waals surface area contributed by atoms with Crippen molar-refractivity contribution in [1.82, 2.24) is 10.6 Å². The van der Waals surface area contributed by atoms with Crippen LogP contribution in [-0.4, -0.2) is 45.9 Å². The van der Waals surface area contributed by atoms with Crippen LogP contribution in [0.1, 0.15) is 26.3 Å². The molecule has 0 aliphatic carbocycles. The van der Waals surface area contributed by atoms with E-state index >= 15 is 0 Å². The van der Waals surface area contributed by atoms with Crippen LogP contribution >= 0.6 is 0 Å². The van der Waals surface area contributed by atoms with Gasteiger partial charge in [-0.05, 0) is 26.3 Å². The fourth-order valence-electron chi connectivity index (χ4n) is 1.64. The highest BCUT2D eigenvalue weighted by atomic mass is 16.5. The van der Waals surface area contributed by atoms with Gasteiger partial charge in [0.05, 0.1) is 6.61 Å². The van der Waals surface area contributed by atoms with Crippen LogP contribution in [-0.2, 0) is 20.9 Å². The number of alkyl carbamates (subject to hydrolysis) is 1. The minimum atomic E-state index is -1.84. The smallest absolute Gasteiger partial charge is 0.408 e. The van der Waals surface area contributed by atoms with Crippen LogP contribution in [0.4, 0.5) is 4.79 Å². The second-order valence-electron chi connectivity index (χ2n) is 6.06. The molecule has 0 aromatic heterocycles. The molecule has 0 saturated carbocycles. The molecule has 0 bridgehead atoms. The highest BCUT2D eigenvalue weighted by Crippen LogP contribution is 2.09. The first-order chi connectivity index (χ1) is 11.1. The first kappa shape index (κ1) is 19.4.